The molecule has 1 unspecified atom stereocenters. The second-order valence-corrected chi connectivity index (χ2v) is 12.5. The van der Waals surface area contributed by atoms with E-state index in [2.05, 4.69) is 50.0 Å². The summed E-state index contributed by atoms with van der Waals surface area (Å²) in [5, 5.41) is 16.4. The predicted molar refractivity (Wildman–Crippen MR) is 156 cm³/mol. The van der Waals surface area contributed by atoms with Gasteiger partial charge in [0, 0.05) is 44.5 Å². The topological polar surface area (TPSA) is 70.3 Å². The van der Waals surface area contributed by atoms with Gasteiger partial charge >= 0.3 is 6.18 Å². The molecular formula is C29H31F5N6OS. The van der Waals surface area contributed by atoms with Crippen molar-refractivity contribution < 1.29 is 27.1 Å². The maximum absolute atomic E-state index is 14.9. The zero-order valence-corrected chi connectivity index (χ0v) is 24.4. The van der Waals surface area contributed by atoms with Gasteiger partial charge < -0.3 is 10.0 Å². The van der Waals surface area contributed by atoms with Crippen molar-refractivity contribution in [3.8, 4) is 17.0 Å². The number of rotatable bonds is 6. The van der Waals surface area contributed by atoms with Crippen molar-refractivity contribution >= 4 is 33.0 Å². The van der Waals surface area contributed by atoms with Crippen LogP contribution in [0.2, 0.25) is 0 Å². The van der Waals surface area contributed by atoms with Crippen LogP contribution in [-0.4, -0.2) is 66.5 Å². The summed E-state index contributed by atoms with van der Waals surface area (Å²) in [6, 6.07) is 10.5. The average Bonchev–Trinajstić information content (AvgIpc) is 3.30. The molecule has 2 aromatic heterocycles. The van der Waals surface area contributed by atoms with Crippen LogP contribution in [-0.2, 0) is 19.6 Å². The third-order valence-electron chi connectivity index (χ3n) is 8.09. The minimum atomic E-state index is -5.16. The Kier molecular flexibility index (Phi) is 8.01. The monoisotopic (exact) mass is 606 g/mol. The highest BCUT2D eigenvalue weighted by Gasteiger charge is 2.41. The quantitative estimate of drug-likeness (QED) is 0.209. The SMILES string of the molecule is C/C=S(/C)N1CCC(Cc2ccccc2)(N(C)c2ncc3c(-c4cc(C(F)(F)F)c(F)c(O)c4F)nn(C)c3n2)CC1. The number of aromatic hydroxyl groups is 1. The second kappa shape index (κ2) is 11.3. The molecule has 1 fully saturated rings. The van der Waals surface area contributed by atoms with Crippen LogP contribution < -0.4 is 4.90 Å². The zero-order valence-electron chi connectivity index (χ0n) is 23.6. The number of phenolic OH excluding ortho intramolecular Hbond substituents is 1. The van der Waals surface area contributed by atoms with Gasteiger partial charge in [-0.15, -0.1) is 10.7 Å². The van der Waals surface area contributed by atoms with Crippen molar-refractivity contribution in [3.63, 3.8) is 0 Å². The van der Waals surface area contributed by atoms with Crippen LogP contribution in [0.4, 0.5) is 27.9 Å². The fourth-order valence-electron chi connectivity index (χ4n) is 5.55. The van der Waals surface area contributed by atoms with Gasteiger partial charge in [-0.25, -0.2) is 18.4 Å². The first kappa shape index (κ1) is 29.9. The lowest BCUT2D eigenvalue weighted by atomic mass is 9.81. The maximum Gasteiger partial charge on any atom is 0.419 e. The lowest BCUT2D eigenvalue weighted by Crippen LogP contribution is -2.55. The minimum absolute atomic E-state index is 0.0540. The van der Waals surface area contributed by atoms with Crippen molar-refractivity contribution in [1.29, 1.82) is 0 Å². The van der Waals surface area contributed by atoms with E-state index in [-0.39, 0.29) is 32.9 Å². The number of hydrogen-bond acceptors (Lipinski definition) is 6. The first-order valence-electron chi connectivity index (χ1n) is 13.3. The molecule has 0 aliphatic carbocycles. The molecule has 1 aliphatic rings. The Morgan fingerprint density at radius 3 is 2.40 bits per heavy atom. The number of benzene rings is 2. The summed E-state index contributed by atoms with van der Waals surface area (Å²) < 4.78 is 73.1. The number of alkyl halides is 3. The van der Waals surface area contributed by atoms with Crippen molar-refractivity contribution in [1.82, 2.24) is 24.1 Å². The minimum Gasteiger partial charge on any atom is -0.503 e. The molecule has 4 aromatic rings. The Balaban J connectivity index is 1.56. The highest BCUT2D eigenvalue weighted by atomic mass is 32.2. The Hall–Kier alpha value is -3.58. The van der Waals surface area contributed by atoms with Crippen LogP contribution in [0, 0.1) is 11.6 Å². The van der Waals surface area contributed by atoms with Gasteiger partial charge in [-0.1, -0.05) is 35.7 Å². The number of hydrogen-bond donors (Lipinski definition) is 1. The van der Waals surface area contributed by atoms with Crippen molar-refractivity contribution in [2.45, 2.75) is 37.9 Å². The van der Waals surface area contributed by atoms with Crippen LogP contribution in [0.3, 0.4) is 0 Å². The Morgan fingerprint density at radius 1 is 1.12 bits per heavy atom. The molecule has 1 atom stereocenters. The fraction of sp³-hybridized carbons (Fsp3) is 0.379. The largest absolute Gasteiger partial charge is 0.503 e. The Labute approximate surface area is 242 Å². The highest BCUT2D eigenvalue weighted by molar-refractivity contribution is 8.12. The molecule has 5 rings (SSSR count). The summed E-state index contributed by atoms with van der Waals surface area (Å²) in [7, 11) is 3.51. The van der Waals surface area contributed by atoms with Gasteiger partial charge in [0.15, 0.2) is 23.0 Å². The van der Waals surface area contributed by atoms with Crippen molar-refractivity contribution in [2.24, 2.45) is 7.05 Å². The van der Waals surface area contributed by atoms with Gasteiger partial charge in [0.05, 0.1) is 10.9 Å². The van der Waals surface area contributed by atoms with Gasteiger partial charge in [0.2, 0.25) is 5.95 Å². The van der Waals surface area contributed by atoms with E-state index in [4.69, 9.17) is 4.98 Å². The number of piperidine rings is 1. The fourth-order valence-corrected chi connectivity index (χ4v) is 6.61. The molecule has 42 heavy (non-hydrogen) atoms. The van der Waals surface area contributed by atoms with Gasteiger partial charge in [-0.05, 0) is 44.1 Å². The van der Waals surface area contributed by atoms with E-state index < -0.39 is 34.7 Å². The lowest BCUT2D eigenvalue weighted by Gasteiger charge is -2.48. The standard InChI is InChI=1S/C29H31F5N6OS/c1-5-42(4)40-13-11-28(12-14-40,16-18-9-7-6-8-10-18)38(2)27-35-17-20-24(37-39(3)26(20)36-27)19-15-21(29(32,33)34)23(31)25(41)22(19)30/h5-10,15,17,41H,11-14,16H2,1-4H3. The van der Waals surface area contributed by atoms with Gasteiger partial charge in [0.25, 0.3) is 0 Å². The van der Waals surface area contributed by atoms with Crippen LogP contribution >= 0.6 is 10.7 Å². The summed E-state index contributed by atoms with van der Waals surface area (Å²) in [4.78, 5) is 11.3. The molecule has 1 N–H and O–H groups in total. The molecule has 13 heteroatoms. The van der Waals surface area contributed by atoms with E-state index in [1.54, 1.807) is 0 Å². The summed E-state index contributed by atoms with van der Waals surface area (Å²) >= 11 is 0. The number of likely N-dealkylation sites (N-methyl/N-ethyl adjacent to an activating group) is 1. The smallest absolute Gasteiger partial charge is 0.419 e. The van der Waals surface area contributed by atoms with Gasteiger partial charge in [-0.3, -0.25) is 4.31 Å². The average molecular weight is 607 g/mol. The van der Waals surface area contributed by atoms with E-state index in [1.165, 1.54) is 23.5 Å². The summed E-state index contributed by atoms with van der Waals surface area (Å²) in [6.45, 7) is 3.83. The van der Waals surface area contributed by atoms with Crippen molar-refractivity contribution in [3.05, 3.63) is 65.4 Å². The number of fused-ring (bicyclic) bond motifs is 1. The molecule has 1 aliphatic heterocycles. The van der Waals surface area contributed by atoms with Crippen LogP contribution in [0.5, 0.6) is 5.75 Å². The summed E-state index contributed by atoms with van der Waals surface area (Å²) in [6.07, 6.45) is 0.876. The molecule has 0 spiro atoms. The third-order valence-corrected chi connectivity index (χ3v) is 9.96. The predicted octanol–water partition coefficient (Wildman–Crippen LogP) is 6.18. The van der Waals surface area contributed by atoms with Gasteiger partial charge in [-0.2, -0.15) is 23.3 Å². The van der Waals surface area contributed by atoms with Crippen LogP contribution in [0.15, 0.2) is 42.6 Å². The Morgan fingerprint density at radius 2 is 1.79 bits per heavy atom. The normalized spacial score (nSPS) is 16.7. The molecule has 7 nitrogen and oxygen atoms in total. The van der Waals surface area contributed by atoms with Gasteiger partial charge in [0.1, 0.15) is 5.69 Å². The lowest BCUT2D eigenvalue weighted by molar-refractivity contribution is -0.140. The molecule has 0 radical (unpaired) electrons. The first-order chi connectivity index (χ1) is 19.9. The van der Waals surface area contributed by atoms with E-state index in [9.17, 15) is 27.1 Å². The second-order valence-electron chi connectivity index (χ2n) is 10.5. The van der Waals surface area contributed by atoms with E-state index in [1.807, 2.05) is 25.2 Å². The molecule has 3 heterocycles. The van der Waals surface area contributed by atoms with Crippen molar-refractivity contribution in [2.75, 3.05) is 31.3 Å². The summed E-state index contributed by atoms with van der Waals surface area (Å²) in [5.41, 5.74) is -1.63. The first-order valence-corrected chi connectivity index (χ1v) is 15.0. The van der Waals surface area contributed by atoms with Crippen LogP contribution in [0.25, 0.3) is 22.3 Å². The molecule has 0 amide bonds. The molecular weight excluding hydrogens is 575 g/mol. The van der Waals surface area contributed by atoms with Crippen LogP contribution in [0.1, 0.15) is 30.9 Å². The number of nitrogens with zero attached hydrogens (tertiary/aromatic N) is 6. The zero-order chi connectivity index (χ0) is 30.4. The molecule has 2 aromatic carbocycles. The Bertz CT molecular complexity index is 1650. The number of halogens is 5. The molecule has 1 saturated heterocycles. The van der Waals surface area contributed by atoms with E-state index in [0.29, 0.717) is 12.0 Å². The number of aryl methyl sites for hydroxylation is 1. The molecule has 224 valence electrons. The number of anilines is 1. The molecule has 0 saturated carbocycles. The molecule has 0 bridgehead atoms. The number of aromatic nitrogens is 4. The highest BCUT2D eigenvalue weighted by Crippen LogP contribution is 2.42. The van der Waals surface area contributed by atoms with E-state index in [0.717, 1.165) is 32.4 Å². The third kappa shape index (κ3) is 5.35. The van der Waals surface area contributed by atoms with E-state index >= 15 is 0 Å². The maximum atomic E-state index is 14.9. The summed E-state index contributed by atoms with van der Waals surface area (Å²) in [5.74, 6) is -4.96. The number of phenols is 1.